The van der Waals surface area contributed by atoms with E-state index in [-0.39, 0.29) is 24.8 Å². The van der Waals surface area contributed by atoms with Crippen LogP contribution in [0, 0.1) is 0 Å². The predicted octanol–water partition coefficient (Wildman–Crippen LogP) is 0.478. The van der Waals surface area contributed by atoms with Crippen molar-refractivity contribution >= 4 is 18.1 Å². The molecule has 0 fully saturated rings. The first kappa shape index (κ1) is 13.0. The zero-order valence-electron chi connectivity index (χ0n) is 7.73. The first-order valence-electron chi connectivity index (χ1n) is 4.13. The van der Waals surface area contributed by atoms with Crippen molar-refractivity contribution in [2.45, 2.75) is 6.54 Å². The van der Waals surface area contributed by atoms with Crippen LogP contribution in [0.2, 0.25) is 0 Å². The minimum absolute atomic E-state index is 0. The summed E-state index contributed by atoms with van der Waals surface area (Å²) in [5, 5.41) is 20.8. The number of rotatable bonds is 4. The van der Waals surface area contributed by atoms with Gasteiger partial charge in [-0.15, -0.1) is 12.4 Å². The highest BCUT2D eigenvalue weighted by molar-refractivity contribution is 5.85. The first-order valence-corrected chi connectivity index (χ1v) is 4.13. The Labute approximate surface area is 89.2 Å². The van der Waals surface area contributed by atoms with Crippen molar-refractivity contribution in [3.05, 3.63) is 23.8 Å². The van der Waals surface area contributed by atoms with Gasteiger partial charge in [0, 0.05) is 24.3 Å². The standard InChI is InChI=1S/C9H14N2O2.ClH/c10-8-1-2-9(13)7(5-8)6-11-3-4-12;/h1-2,5,11-13H,3-4,6,10H2;1H. The molecule has 80 valence electrons. The number of benzene rings is 1. The van der Waals surface area contributed by atoms with Gasteiger partial charge in [0.15, 0.2) is 0 Å². The Morgan fingerprint density at radius 1 is 1.36 bits per heavy atom. The van der Waals surface area contributed by atoms with E-state index in [1.54, 1.807) is 18.2 Å². The molecule has 4 nitrogen and oxygen atoms in total. The SMILES string of the molecule is Cl.Nc1ccc(O)c(CNCCO)c1. The molecule has 0 heterocycles. The number of aromatic hydroxyl groups is 1. The van der Waals surface area contributed by atoms with Crippen LogP contribution in [0.25, 0.3) is 0 Å². The van der Waals surface area contributed by atoms with E-state index in [1.807, 2.05) is 0 Å². The second-order valence-corrected chi connectivity index (χ2v) is 2.79. The van der Waals surface area contributed by atoms with Crippen LogP contribution in [-0.2, 0) is 6.54 Å². The molecule has 0 amide bonds. The molecule has 1 rings (SSSR count). The second-order valence-electron chi connectivity index (χ2n) is 2.79. The third kappa shape index (κ3) is 3.83. The van der Waals surface area contributed by atoms with Gasteiger partial charge in [-0.1, -0.05) is 0 Å². The van der Waals surface area contributed by atoms with Gasteiger partial charge in [-0.05, 0) is 18.2 Å². The summed E-state index contributed by atoms with van der Waals surface area (Å²) >= 11 is 0. The Kier molecular flexibility index (Phi) is 6.03. The molecular formula is C9H15ClN2O2. The number of aliphatic hydroxyl groups excluding tert-OH is 1. The lowest BCUT2D eigenvalue weighted by atomic mass is 10.2. The minimum atomic E-state index is 0. The number of hydrogen-bond donors (Lipinski definition) is 4. The number of hydrogen-bond acceptors (Lipinski definition) is 4. The van der Waals surface area contributed by atoms with Crippen molar-refractivity contribution in [3.8, 4) is 5.75 Å². The number of phenolic OH excluding ortho intramolecular Hbond substituents is 1. The molecule has 14 heavy (non-hydrogen) atoms. The summed E-state index contributed by atoms with van der Waals surface area (Å²) in [4.78, 5) is 0. The van der Waals surface area contributed by atoms with E-state index in [9.17, 15) is 5.11 Å². The lowest BCUT2D eigenvalue weighted by molar-refractivity contribution is 0.291. The average Bonchev–Trinajstić information content (AvgIpc) is 2.11. The molecule has 0 atom stereocenters. The zero-order valence-corrected chi connectivity index (χ0v) is 8.55. The molecule has 0 aliphatic heterocycles. The van der Waals surface area contributed by atoms with Gasteiger partial charge in [0.1, 0.15) is 5.75 Å². The number of aliphatic hydroxyl groups is 1. The summed E-state index contributed by atoms with van der Waals surface area (Å²) in [7, 11) is 0. The van der Waals surface area contributed by atoms with E-state index in [0.717, 1.165) is 5.56 Å². The molecule has 0 aliphatic rings. The molecule has 5 N–H and O–H groups in total. The van der Waals surface area contributed by atoms with Gasteiger partial charge in [-0.2, -0.15) is 0 Å². The molecule has 0 aromatic heterocycles. The van der Waals surface area contributed by atoms with E-state index in [1.165, 1.54) is 0 Å². The van der Waals surface area contributed by atoms with Crippen molar-refractivity contribution in [1.82, 2.24) is 5.32 Å². The Hall–Kier alpha value is -0.970. The smallest absolute Gasteiger partial charge is 0.120 e. The van der Waals surface area contributed by atoms with Gasteiger partial charge in [0.2, 0.25) is 0 Å². The summed E-state index contributed by atoms with van der Waals surface area (Å²) in [6.07, 6.45) is 0. The maximum atomic E-state index is 9.38. The first-order chi connectivity index (χ1) is 6.24. The summed E-state index contributed by atoms with van der Waals surface area (Å²) < 4.78 is 0. The maximum absolute atomic E-state index is 9.38. The summed E-state index contributed by atoms with van der Waals surface area (Å²) in [5.41, 5.74) is 6.91. The van der Waals surface area contributed by atoms with Gasteiger partial charge in [-0.3, -0.25) is 0 Å². The van der Waals surface area contributed by atoms with Crippen LogP contribution in [0.1, 0.15) is 5.56 Å². The Balaban J connectivity index is 0.00000169. The average molecular weight is 219 g/mol. The summed E-state index contributed by atoms with van der Waals surface area (Å²) in [6.45, 7) is 1.11. The lowest BCUT2D eigenvalue weighted by Gasteiger charge is -2.06. The van der Waals surface area contributed by atoms with Crippen molar-refractivity contribution in [1.29, 1.82) is 0 Å². The highest BCUT2D eigenvalue weighted by Crippen LogP contribution is 2.18. The van der Waals surface area contributed by atoms with Crippen molar-refractivity contribution in [3.63, 3.8) is 0 Å². The monoisotopic (exact) mass is 218 g/mol. The van der Waals surface area contributed by atoms with Crippen molar-refractivity contribution in [2.24, 2.45) is 0 Å². The molecule has 0 radical (unpaired) electrons. The van der Waals surface area contributed by atoms with E-state index in [2.05, 4.69) is 5.32 Å². The topological polar surface area (TPSA) is 78.5 Å². The maximum Gasteiger partial charge on any atom is 0.120 e. The highest BCUT2D eigenvalue weighted by Gasteiger charge is 1.99. The van der Waals surface area contributed by atoms with Crippen LogP contribution in [0.4, 0.5) is 5.69 Å². The Morgan fingerprint density at radius 3 is 2.71 bits per heavy atom. The number of anilines is 1. The molecule has 0 bridgehead atoms. The van der Waals surface area contributed by atoms with Crippen LogP contribution >= 0.6 is 12.4 Å². The van der Waals surface area contributed by atoms with Gasteiger partial charge in [0.25, 0.3) is 0 Å². The molecule has 0 saturated heterocycles. The van der Waals surface area contributed by atoms with Crippen molar-refractivity contribution in [2.75, 3.05) is 18.9 Å². The van der Waals surface area contributed by atoms with Crippen LogP contribution < -0.4 is 11.1 Å². The molecule has 1 aromatic rings. The van der Waals surface area contributed by atoms with Gasteiger partial charge < -0.3 is 21.3 Å². The molecule has 5 heteroatoms. The summed E-state index contributed by atoms with van der Waals surface area (Å²) in [6, 6.07) is 4.91. The zero-order chi connectivity index (χ0) is 9.68. The number of phenols is 1. The van der Waals surface area contributed by atoms with Crippen molar-refractivity contribution < 1.29 is 10.2 Å². The molecule has 1 aromatic carbocycles. The fourth-order valence-corrected chi connectivity index (χ4v) is 1.05. The van der Waals surface area contributed by atoms with Crippen LogP contribution in [0.15, 0.2) is 18.2 Å². The van der Waals surface area contributed by atoms with E-state index >= 15 is 0 Å². The van der Waals surface area contributed by atoms with Crippen LogP contribution in [0.5, 0.6) is 5.75 Å². The lowest BCUT2D eigenvalue weighted by Crippen LogP contribution is -2.17. The Bertz CT molecular complexity index is 282. The molecule has 0 unspecified atom stereocenters. The highest BCUT2D eigenvalue weighted by atomic mass is 35.5. The third-order valence-corrected chi connectivity index (χ3v) is 1.71. The number of nitrogen functional groups attached to an aromatic ring is 1. The predicted molar refractivity (Wildman–Crippen MR) is 58.6 cm³/mol. The molecular weight excluding hydrogens is 204 g/mol. The third-order valence-electron chi connectivity index (χ3n) is 1.71. The minimum Gasteiger partial charge on any atom is -0.508 e. The molecule has 0 spiro atoms. The normalized spacial score (nSPS) is 9.50. The summed E-state index contributed by atoms with van der Waals surface area (Å²) in [5.74, 6) is 0.222. The number of nitrogens with two attached hydrogens (primary N) is 1. The van der Waals surface area contributed by atoms with Gasteiger partial charge >= 0.3 is 0 Å². The molecule has 0 saturated carbocycles. The van der Waals surface area contributed by atoms with Crippen LogP contribution in [-0.4, -0.2) is 23.4 Å². The number of halogens is 1. The van der Waals surface area contributed by atoms with Gasteiger partial charge in [-0.25, -0.2) is 0 Å². The van der Waals surface area contributed by atoms with E-state index in [4.69, 9.17) is 10.8 Å². The quantitative estimate of drug-likeness (QED) is 0.337. The van der Waals surface area contributed by atoms with E-state index < -0.39 is 0 Å². The fraction of sp³-hybridized carbons (Fsp3) is 0.333. The molecule has 0 aliphatic carbocycles. The Morgan fingerprint density at radius 2 is 2.07 bits per heavy atom. The second kappa shape index (κ2) is 6.48. The van der Waals surface area contributed by atoms with E-state index in [0.29, 0.717) is 18.8 Å². The fourth-order valence-electron chi connectivity index (χ4n) is 1.05. The van der Waals surface area contributed by atoms with Crippen LogP contribution in [0.3, 0.4) is 0 Å². The largest absolute Gasteiger partial charge is 0.508 e. The van der Waals surface area contributed by atoms with Gasteiger partial charge in [0.05, 0.1) is 6.61 Å². The number of nitrogens with one attached hydrogen (secondary N) is 1.